The maximum Gasteiger partial charge on any atom is 0.161 e. The van der Waals surface area contributed by atoms with E-state index in [1.807, 2.05) is 41.4 Å². The van der Waals surface area contributed by atoms with Crippen molar-refractivity contribution in [3.8, 4) is 0 Å². The average Bonchev–Trinajstić information content (AvgIpc) is 3.18. The van der Waals surface area contributed by atoms with Crippen molar-refractivity contribution in [1.29, 1.82) is 0 Å². The fourth-order valence-corrected chi connectivity index (χ4v) is 4.26. The van der Waals surface area contributed by atoms with Crippen LogP contribution in [-0.4, -0.2) is 55.1 Å². The van der Waals surface area contributed by atoms with E-state index in [2.05, 4.69) is 5.10 Å². The Labute approximate surface area is 183 Å². The smallest absolute Gasteiger partial charge is 0.161 e. The Morgan fingerprint density at radius 1 is 1.10 bits per heavy atom. The minimum Gasteiger partial charge on any atom is -0.379 e. The van der Waals surface area contributed by atoms with Crippen LogP contribution >= 0.6 is 11.6 Å². The van der Waals surface area contributed by atoms with Crippen LogP contribution in [0.5, 0.6) is 0 Å². The molecule has 30 heavy (non-hydrogen) atoms. The quantitative estimate of drug-likeness (QED) is 0.421. The first-order chi connectivity index (χ1) is 14.3. The molecule has 4 unspecified atom stereocenters. The summed E-state index contributed by atoms with van der Waals surface area (Å²) in [4.78, 5) is 1.36. The summed E-state index contributed by atoms with van der Waals surface area (Å²) in [5.74, 6) is 0. The molecule has 3 N–H and O–H groups in total. The predicted octanol–water partition coefficient (Wildman–Crippen LogP) is 3.20. The molecule has 2 aromatic rings. The molecule has 0 radical (unpaired) electrons. The summed E-state index contributed by atoms with van der Waals surface area (Å²) in [7, 11) is 0. The lowest BCUT2D eigenvalue weighted by molar-refractivity contribution is -0.0838. The summed E-state index contributed by atoms with van der Waals surface area (Å²) in [5, 5.41) is 26.2. The molecule has 2 aromatic carbocycles. The van der Waals surface area contributed by atoms with Crippen molar-refractivity contribution in [2.45, 2.75) is 38.0 Å². The Hall–Kier alpha value is -1.81. The third kappa shape index (κ3) is 5.46. The SMILES string of the molecule is CC(O)N(CC(c1ccc(N2CCC(c3ccc(Cl)cc3)=N2)cc1)S(=O)O)C(C)O. The van der Waals surface area contributed by atoms with E-state index in [0.29, 0.717) is 10.6 Å². The van der Waals surface area contributed by atoms with E-state index >= 15 is 0 Å². The first-order valence-electron chi connectivity index (χ1n) is 9.68. The van der Waals surface area contributed by atoms with Gasteiger partial charge in [-0.2, -0.15) is 5.10 Å². The monoisotopic (exact) mass is 451 g/mol. The molecule has 0 aliphatic carbocycles. The van der Waals surface area contributed by atoms with Gasteiger partial charge in [-0.3, -0.25) is 9.91 Å². The Morgan fingerprint density at radius 3 is 2.23 bits per heavy atom. The summed E-state index contributed by atoms with van der Waals surface area (Å²) >= 11 is 3.79. The van der Waals surface area contributed by atoms with Crippen LogP contribution in [0.25, 0.3) is 0 Å². The fourth-order valence-electron chi connectivity index (χ4n) is 3.44. The molecule has 0 bridgehead atoms. The highest BCUT2D eigenvalue weighted by atomic mass is 35.5. The maximum absolute atomic E-state index is 11.9. The Morgan fingerprint density at radius 2 is 1.70 bits per heavy atom. The third-order valence-electron chi connectivity index (χ3n) is 5.12. The van der Waals surface area contributed by atoms with Crippen LogP contribution in [0.2, 0.25) is 5.02 Å². The van der Waals surface area contributed by atoms with E-state index in [9.17, 15) is 19.0 Å². The molecule has 0 saturated heterocycles. The van der Waals surface area contributed by atoms with Crippen molar-refractivity contribution in [3.63, 3.8) is 0 Å². The van der Waals surface area contributed by atoms with Gasteiger partial charge in [0.1, 0.15) is 12.5 Å². The number of benzene rings is 2. The van der Waals surface area contributed by atoms with E-state index in [4.69, 9.17) is 11.6 Å². The number of hydrogen-bond donors (Lipinski definition) is 3. The van der Waals surface area contributed by atoms with Crippen LogP contribution in [-0.2, 0) is 11.1 Å². The molecule has 0 aromatic heterocycles. The number of aliphatic hydroxyl groups excluding tert-OH is 2. The Balaban J connectivity index is 1.76. The van der Waals surface area contributed by atoms with Gasteiger partial charge >= 0.3 is 0 Å². The number of halogens is 1. The molecule has 9 heteroatoms. The molecule has 0 spiro atoms. The fraction of sp³-hybridized carbons (Fsp3) is 0.381. The minimum atomic E-state index is -2.17. The standard InChI is InChI=1S/C21H26ClN3O4S/c1-14(26)24(15(2)27)13-21(30(28)29)17-5-9-19(10-6-17)25-12-11-20(23-25)16-3-7-18(22)8-4-16/h3-10,14-15,21,26-27H,11-13H2,1-2H3,(H,28,29). The van der Waals surface area contributed by atoms with Crippen molar-refractivity contribution in [2.75, 3.05) is 18.1 Å². The summed E-state index contributed by atoms with van der Waals surface area (Å²) < 4.78 is 21.7. The van der Waals surface area contributed by atoms with Crippen molar-refractivity contribution in [3.05, 3.63) is 64.7 Å². The second-order valence-corrected chi connectivity index (χ2v) is 8.80. The van der Waals surface area contributed by atoms with Crippen LogP contribution < -0.4 is 5.01 Å². The number of hydrazone groups is 1. The number of anilines is 1. The Bertz CT molecular complexity index is 895. The first kappa shape index (κ1) is 22.9. The van der Waals surface area contributed by atoms with Crippen molar-refractivity contribution in [2.24, 2.45) is 5.10 Å². The highest BCUT2D eigenvalue weighted by molar-refractivity contribution is 7.79. The molecule has 7 nitrogen and oxygen atoms in total. The zero-order valence-corrected chi connectivity index (χ0v) is 18.4. The van der Waals surface area contributed by atoms with Crippen LogP contribution in [0.1, 0.15) is 36.6 Å². The van der Waals surface area contributed by atoms with Gasteiger partial charge in [0.2, 0.25) is 0 Å². The normalized spacial score (nSPS) is 18.2. The van der Waals surface area contributed by atoms with Gasteiger partial charge in [0.15, 0.2) is 11.1 Å². The maximum atomic E-state index is 11.9. The molecule has 4 atom stereocenters. The summed E-state index contributed by atoms with van der Waals surface area (Å²) in [6.07, 6.45) is -1.08. The van der Waals surface area contributed by atoms with Gasteiger partial charge in [0, 0.05) is 24.5 Å². The van der Waals surface area contributed by atoms with Gasteiger partial charge in [0.05, 0.1) is 16.6 Å². The number of nitrogens with zero attached hydrogens (tertiary/aromatic N) is 3. The molecule has 0 amide bonds. The molecule has 1 heterocycles. The molecule has 1 aliphatic rings. The molecule has 0 fully saturated rings. The topological polar surface area (TPSA) is 96.6 Å². The number of hydrogen-bond acceptors (Lipinski definition) is 6. The second-order valence-electron chi connectivity index (χ2n) is 7.24. The van der Waals surface area contributed by atoms with Crippen LogP contribution in [0.3, 0.4) is 0 Å². The van der Waals surface area contributed by atoms with Crippen molar-refractivity contribution in [1.82, 2.24) is 4.90 Å². The minimum absolute atomic E-state index is 0.0420. The average molecular weight is 452 g/mol. The van der Waals surface area contributed by atoms with Crippen LogP contribution in [0, 0.1) is 0 Å². The third-order valence-corrected chi connectivity index (χ3v) is 6.28. The lowest BCUT2D eigenvalue weighted by Gasteiger charge is -2.30. The lowest BCUT2D eigenvalue weighted by atomic mass is 10.1. The van der Waals surface area contributed by atoms with Crippen molar-refractivity contribution < 1.29 is 19.0 Å². The second kappa shape index (κ2) is 10.00. The summed E-state index contributed by atoms with van der Waals surface area (Å²) in [5.41, 5.74) is 3.54. The molecular weight excluding hydrogens is 426 g/mol. The van der Waals surface area contributed by atoms with Gasteiger partial charge < -0.3 is 14.8 Å². The Kier molecular flexibility index (Phi) is 7.62. The molecule has 3 rings (SSSR count). The zero-order valence-electron chi connectivity index (χ0n) is 16.8. The van der Waals surface area contributed by atoms with Gasteiger partial charge in [0.25, 0.3) is 0 Å². The van der Waals surface area contributed by atoms with E-state index in [1.54, 1.807) is 12.1 Å². The molecular formula is C21H26ClN3O4S. The van der Waals surface area contributed by atoms with Crippen LogP contribution in [0.4, 0.5) is 5.69 Å². The highest BCUT2D eigenvalue weighted by Crippen LogP contribution is 2.27. The van der Waals surface area contributed by atoms with E-state index in [1.165, 1.54) is 18.7 Å². The molecule has 162 valence electrons. The van der Waals surface area contributed by atoms with E-state index in [-0.39, 0.29) is 6.54 Å². The van der Waals surface area contributed by atoms with E-state index in [0.717, 1.165) is 29.9 Å². The van der Waals surface area contributed by atoms with E-state index < -0.39 is 28.8 Å². The van der Waals surface area contributed by atoms with Crippen LogP contribution in [0.15, 0.2) is 53.6 Å². The highest BCUT2D eigenvalue weighted by Gasteiger charge is 2.26. The number of aliphatic hydroxyl groups is 2. The lowest BCUT2D eigenvalue weighted by Crippen LogP contribution is -2.43. The van der Waals surface area contributed by atoms with Gasteiger partial charge in [-0.05, 0) is 49.2 Å². The zero-order chi connectivity index (χ0) is 21.8. The summed E-state index contributed by atoms with van der Waals surface area (Å²) in [6.45, 7) is 3.80. The summed E-state index contributed by atoms with van der Waals surface area (Å²) in [6, 6.07) is 14.9. The van der Waals surface area contributed by atoms with Gasteiger partial charge in [-0.1, -0.05) is 35.9 Å². The molecule has 0 saturated carbocycles. The van der Waals surface area contributed by atoms with Crippen molar-refractivity contribution >= 4 is 34.1 Å². The molecule has 1 aliphatic heterocycles. The first-order valence-corrected chi connectivity index (χ1v) is 11.2. The predicted molar refractivity (Wildman–Crippen MR) is 120 cm³/mol. The largest absolute Gasteiger partial charge is 0.379 e. The van der Waals surface area contributed by atoms with Gasteiger partial charge in [-0.15, -0.1) is 0 Å². The van der Waals surface area contributed by atoms with Gasteiger partial charge in [-0.25, -0.2) is 4.21 Å². The number of rotatable bonds is 8.